The summed E-state index contributed by atoms with van der Waals surface area (Å²) in [6, 6.07) is 9.89. The van der Waals surface area contributed by atoms with E-state index in [1.54, 1.807) is 42.6 Å². The molecule has 1 aliphatic rings. The van der Waals surface area contributed by atoms with Crippen LogP contribution >= 0.6 is 0 Å². The van der Waals surface area contributed by atoms with Gasteiger partial charge in [-0.25, -0.2) is 18.4 Å². The summed E-state index contributed by atoms with van der Waals surface area (Å²) in [5, 5.41) is 0. The number of sulfonamides is 1. The Morgan fingerprint density at radius 2 is 1.88 bits per heavy atom. The largest absolute Gasteiger partial charge is 0.382 e. The molecule has 0 atom stereocenters. The highest BCUT2D eigenvalue weighted by atomic mass is 32.2. The average Bonchev–Trinajstić information content (AvgIpc) is 3.04. The van der Waals surface area contributed by atoms with Crippen LogP contribution in [0.5, 0.6) is 0 Å². The Hall–Kier alpha value is -3.21. The highest BCUT2D eigenvalue weighted by molar-refractivity contribution is 7.89. The van der Waals surface area contributed by atoms with Gasteiger partial charge in [-0.2, -0.15) is 4.31 Å². The van der Waals surface area contributed by atoms with E-state index in [0.717, 1.165) is 13.0 Å². The number of nitrogens with two attached hydrogens (primary N) is 1. The van der Waals surface area contributed by atoms with Crippen LogP contribution in [0.2, 0.25) is 0 Å². The first-order valence-electron chi connectivity index (χ1n) is 10.2. The van der Waals surface area contributed by atoms with Gasteiger partial charge >= 0.3 is 0 Å². The van der Waals surface area contributed by atoms with Gasteiger partial charge in [-0.15, -0.1) is 0 Å². The first-order chi connectivity index (χ1) is 15.4. The first-order valence-corrected chi connectivity index (χ1v) is 11.7. The third-order valence-electron chi connectivity index (χ3n) is 5.44. The molecule has 166 valence electrons. The lowest BCUT2D eigenvalue weighted by Crippen LogP contribution is -2.34. The molecule has 2 aromatic heterocycles. The summed E-state index contributed by atoms with van der Waals surface area (Å²) in [6.45, 7) is 2.49. The van der Waals surface area contributed by atoms with E-state index in [1.165, 1.54) is 10.5 Å². The minimum Gasteiger partial charge on any atom is -0.382 e. The van der Waals surface area contributed by atoms with Crippen LogP contribution in [0.15, 0.2) is 53.7 Å². The van der Waals surface area contributed by atoms with Crippen LogP contribution < -0.4 is 5.73 Å². The molecule has 3 aromatic rings. The van der Waals surface area contributed by atoms with Crippen LogP contribution in [0.1, 0.15) is 16.8 Å². The van der Waals surface area contributed by atoms with Gasteiger partial charge in [-0.1, -0.05) is 12.1 Å². The maximum atomic E-state index is 13.3. The van der Waals surface area contributed by atoms with Gasteiger partial charge in [0.2, 0.25) is 10.0 Å². The Morgan fingerprint density at radius 1 is 1.03 bits per heavy atom. The van der Waals surface area contributed by atoms with Crippen molar-refractivity contribution in [1.82, 2.24) is 24.2 Å². The number of anilines is 1. The quantitative estimate of drug-likeness (QED) is 0.583. The third kappa shape index (κ3) is 4.38. The molecular weight excluding hydrogens is 428 g/mol. The molecule has 1 aromatic carbocycles. The van der Waals surface area contributed by atoms with E-state index in [0.29, 0.717) is 48.4 Å². The highest BCUT2D eigenvalue weighted by Crippen LogP contribution is 2.28. The molecule has 32 heavy (non-hydrogen) atoms. The third-order valence-corrected chi connectivity index (χ3v) is 7.33. The molecule has 1 fully saturated rings. The highest BCUT2D eigenvalue weighted by Gasteiger charge is 2.26. The van der Waals surface area contributed by atoms with Gasteiger partial charge in [-0.3, -0.25) is 9.78 Å². The summed E-state index contributed by atoms with van der Waals surface area (Å²) < 4.78 is 28.0. The van der Waals surface area contributed by atoms with Crippen molar-refractivity contribution in [3.05, 3.63) is 54.4 Å². The second-order valence-electron chi connectivity index (χ2n) is 7.64. The second kappa shape index (κ2) is 9.11. The number of carbonyl (C=O) groups is 1. The molecule has 0 spiro atoms. The topological polar surface area (TPSA) is 122 Å². The van der Waals surface area contributed by atoms with Gasteiger partial charge in [0.25, 0.3) is 0 Å². The Kier molecular flexibility index (Phi) is 6.26. The Labute approximate surface area is 187 Å². The van der Waals surface area contributed by atoms with E-state index in [-0.39, 0.29) is 16.4 Å². The van der Waals surface area contributed by atoms with Crippen molar-refractivity contribution in [3.8, 4) is 22.6 Å². The molecule has 0 amide bonds. The molecule has 1 saturated heterocycles. The summed E-state index contributed by atoms with van der Waals surface area (Å²) in [5.74, 6) is 0.132. The fourth-order valence-electron chi connectivity index (χ4n) is 3.65. The molecule has 1 aliphatic heterocycles. The van der Waals surface area contributed by atoms with Crippen molar-refractivity contribution < 1.29 is 13.2 Å². The predicted molar refractivity (Wildman–Crippen MR) is 121 cm³/mol. The van der Waals surface area contributed by atoms with E-state index in [4.69, 9.17) is 5.73 Å². The smallest absolute Gasteiger partial charge is 0.243 e. The molecule has 0 radical (unpaired) electrons. The van der Waals surface area contributed by atoms with Crippen molar-refractivity contribution >= 4 is 22.1 Å². The fraction of sp³-hybridized carbons (Fsp3) is 0.273. The summed E-state index contributed by atoms with van der Waals surface area (Å²) in [5.41, 5.74) is 7.96. The molecule has 0 bridgehead atoms. The van der Waals surface area contributed by atoms with Crippen LogP contribution in [0, 0.1) is 0 Å². The Morgan fingerprint density at radius 3 is 2.69 bits per heavy atom. The lowest BCUT2D eigenvalue weighted by atomic mass is 10.1. The van der Waals surface area contributed by atoms with E-state index in [2.05, 4.69) is 19.9 Å². The number of aromatic nitrogens is 3. The van der Waals surface area contributed by atoms with Gasteiger partial charge < -0.3 is 10.6 Å². The SMILES string of the molecule is CN1CCCN(S(=O)(=O)c2cccc(-c3cnc(N)c(-c4ncccc4C=O)n3)c2)CC1. The normalized spacial score (nSPS) is 15.9. The van der Waals surface area contributed by atoms with Crippen molar-refractivity contribution in [1.29, 1.82) is 0 Å². The summed E-state index contributed by atoms with van der Waals surface area (Å²) in [4.78, 5) is 26.7. The number of nitrogen functional groups attached to an aromatic ring is 1. The van der Waals surface area contributed by atoms with E-state index >= 15 is 0 Å². The van der Waals surface area contributed by atoms with Crippen molar-refractivity contribution in [2.45, 2.75) is 11.3 Å². The molecule has 0 unspecified atom stereocenters. The molecule has 0 saturated carbocycles. The van der Waals surface area contributed by atoms with Gasteiger partial charge in [-0.05, 0) is 44.3 Å². The molecule has 0 aliphatic carbocycles. The number of rotatable bonds is 5. The lowest BCUT2D eigenvalue weighted by Gasteiger charge is -2.20. The molecule has 9 nitrogen and oxygen atoms in total. The van der Waals surface area contributed by atoms with Crippen molar-refractivity contribution in [2.75, 3.05) is 39.0 Å². The zero-order valence-electron chi connectivity index (χ0n) is 17.7. The fourth-order valence-corrected chi connectivity index (χ4v) is 5.17. The van der Waals surface area contributed by atoms with E-state index < -0.39 is 10.0 Å². The minimum absolute atomic E-state index is 0.132. The van der Waals surface area contributed by atoms with Crippen molar-refractivity contribution in [3.63, 3.8) is 0 Å². The van der Waals surface area contributed by atoms with Crippen LogP contribution in [0.25, 0.3) is 22.6 Å². The maximum absolute atomic E-state index is 13.3. The Bertz CT molecular complexity index is 1250. The second-order valence-corrected chi connectivity index (χ2v) is 9.57. The first kappa shape index (κ1) is 22.0. The molecule has 4 rings (SSSR count). The van der Waals surface area contributed by atoms with Gasteiger partial charge in [0.1, 0.15) is 11.4 Å². The van der Waals surface area contributed by atoms with Gasteiger partial charge in [0, 0.05) is 37.0 Å². The van der Waals surface area contributed by atoms with Gasteiger partial charge in [0.15, 0.2) is 12.1 Å². The molecular formula is C22H24N6O3S. The number of aldehydes is 1. The number of carbonyl (C=O) groups excluding carboxylic acids is 1. The van der Waals surface area contributed by atoms with Crippen LogP contribution in [-0.4, -0.2) is 72.1 Å². The van der Waals surface area contributed by atoms with Crippen LogP contribution in [0.4, 0.5) is 5.82 Å². The number of hydrogen-bond acceptors (Lipinski definition) is 8. The van der Waals surface area contributed by atoms with E-state index in [9.17, 15) is 13.2 Å². The monoisotopic (exact) mass is 452 g/mol. The van der Waals surface area contributed by atoms with E-state index in [1.807, 2.05) is 7.05 Å². The predicted octanol–water partition coefficient (Wildman–Crippen LogP) is 1.93. The maximum Gasteiger partial charge on any atom is 0.243 e. The molecule has 3 heterocycles. The number of nitrogens with zero attached hydrogens (tertiary/aromatic N) is 5. The lowest BCUT2D eigenvalue weighted by molar-refractivity contribution is 0.112. The number of likely N-dealkylation sites (N-methyl/N-ethyl adjacent to an activating group) is 1. The van der Waals surface area contributed by atoms with Gasteiger partial charge in [0.05, 0.1) is 16.8 Å². The number of pyridine rings is 1. The minimum atomic E-state index is -3.65. The zero-order valence-corrected chi connectivity index (χ0v) is 18.5. The number of benzene rings is 1. The van der Waals surface area contributed by atoms with Crippen LogP contribution in [0.3, 0.4) is 0 Å². The summed E-state index contributed by atoms with van der Waals surface area (Å²) in [7, 11) is -1.65. The molecule has 2 N–H and O–H groups in total. The number of hydrogen-bond donors (Lipinski definition) is 1. The van der Waals surface area contributed by atoms with Crippen molar-refractivity contribution in [2.24, 2.45) is 0 Å². The average molecular weight is 453 g/mol. The zero-order chi connectivity index (χ0) is 22.7. The molecule has 10 heteroatoms. The Balaban J connectivity index is 1.72. The van der Waals surface area contributed by atoms with Crippen LogP contribution in [-0.2, 0) is 10.0 Å². The summed E-state index contributed by atoms with van der Waals surface area (Å²) >= 11 is 0. The standard InChI is InChI=1S/C22H24N6O3S/c1-27-9-4-10-28(12-11-27)32(30,31)18-7-2-5-16(13-18)19-14-25-22(23)21(26-19)20-17(15-29)6-3-8-24-20/h2-3,5-8,13-15H,4,9-12H2,1H3,(H2,23,25). The summed E-state index contributed by atoms with van der Waals surface area (Å²) in [6.07, 6.45) is 4.49.